The lowest BCUT2D eigenvalue weighted by molar-refractivity contribution is 0.283. The Bertz CT molecular complexity index is 335. The predicted octanol–water partition coefficient (Wildman–Crippen LogP) is 3.04. The van der Waals surface area contributed by atoms with Crippen LogP contribution in [0.2, 0.25) is 0 Å². The van der Waals surface area contributed by atoms with Crippen molar-refractivity contribution in [3.05, 3.63) is 12.0 Å². The second-order valence-corrected chi connectivity index (χ2v) is 5.21. The minimum atomic E-state index is 0.355. The Morgan fingerprint density at radius 1 is 1.60 bits per heavy atom. The van der Waals surface area contributed by atoms with Crippen LogP contribution in [0.5, 0.6) is 0 Å². The van der Waals surface area contributed by atoms with E-state index < -0.39 is 0 Å². The Labute approximate surface area is 95.4 Å². The van der Waals surface area contributed by atoms with Gasteiger partial charge in [0.15, 0.2) is 0 Å². The first-order valence-corrected chi connectivity index (χ1v) is 5.89. The maximum Gasteiger partial charge on any atom is 0.297 e. The van der Waals surface area contributed by atoms with Gasteiger partial charge in [-0.1, -0.05) is 13.8 Å². The minimum Gasteiger partial charge on any atom is -0.432 e. The van der Waals surface area contributed by atoms with Gasteiger partial charge in [0.2, 0.25) is 0 Å². The highest BCUT2D eigenvalue weighted by Crippen LogP contribution is 2.31. The fraction of sp³-hybridized carbons (Fsp3) is 0.727. The topological polar surface area (TPSA) is 29.3 Å². The number of alkyl halides is 1. The van der Waals surface area contributed by atoms with Gasteiger partial charge in [-0.3, -0.25) is 0 Å². The fourth-order valence-corrected chi connectivity index (χ4v) is 2.21. The van der Waals surface area contributed by atoms with Gasteiger partial charge in [-0.15, -0.1) is 11.6 Å². The first-order valence-electron chi connectivity index (χ1n) is 5.36. The van der Waals surface area contributed by atoms with E-state index in [0.717, 1.165) is 24.8 Å². The van der Waals surface area contributed by atoms with Crippen LogP contribution in [0.25, 0.3) is 0 Å². The van der Waals surface area contributed by atoms with Gasteiger partial charge in [0.05, 0.1) is 11.6 Å². The third kappa shape index (κ3) is 2.46. The maximum absolute atomic E-state index is 5.69. The van der Waals surface area contributed by atoms with Crippen LogP contribution in [0.1, 0.15) is 32.4 Å². The Kier molecular flexibility index (Phi) is 2.91. The lowest BCUT2D eigenvalue weighted by Crippen LogP contribution is -2.40. The van der Waals surface area contributed by atoms with Crippen LogP contribution in [0, 0.1) is 5.41 Å². The van der Waals surface area contributed by atoms with Crippen molar-refractivity contribution < 1.29 is 4.42 Å². The molecular formula is C11H17ClN2O. The van der Waals surface area contributed by atoms with Gasteiger partial charge in [0.25, 0.3) is 6.01 Å². The number of oxazole rings is 1. The molecule has 1 saturated heterocycles. The Hall–Kier alpha value is -0.700. The van der Waals surface area contributed by atoms with E-state index in [2.05, 4.69) is 23.7 Å². The molecule has 0 spiro atoms. The van der Waals surface area contributed by atoms with Crippen molar-refractivity contribution >= 4 is 17.6 Å². The second-order valence-electron chi connectivity index (χ2n) is 4.94. The lowest BCUT2D eigenvalue weighted by atomic mass is 9.84. The van der Waals surface area contributed by atoms with Crippen molar-refractivity contribution in [2.45, 2.75) is 32.6 Å². The number of aromatic nitrogens is 1. The van der Waals surface area contributed by atoms with Gasteiger partial charge in [-0.05, 0) is 18.3 Å². The third-order valence-electron chi connectivity index (χ3n) is 2.85. The molecule has 84 valence electrons. The summed E-state index contributed by atoms with van der Waals surface area (Å²) in [5, 5.41) is 0. The molecule has 3 nitrogen and oxygen atoms in total. The zero-order valence-corrected chi connectivity index (χ0v) is 10.0. The molecular weight excluding hydrogens is 212 g/mol. The van der Waals surface area contributed by atoms with Crippen LogP contribution in [0.4, 0.5) is 6.01 Å². The summed E-state index contributed by atoms with van der Waals surface area (Å²) in [6.07, 6.45) is 4.11. The van der Waals surface area contributed by atoms with Crippen LogP contribution in [-0.4, -0.2) is 18.1 Å². The van der Waals surface area contributed by atoms with Crippen LogP contribution in [0.15, 0.2) is 10.7 Å². The molecule has 1 aliphatic heterocycles. The average molecular weight is 229 g/mol. The van der Waals surface area contributed by atoms with E-state index in [1.807, 2.05) is 0 Å². The first-order chi connectivity index (χ1) is 7.11. The molecule has 2 heterocycles. The summed E-state index contributed by atoms with van der Waals surface area (Å²) in [7, 11) is 0. The molecule has 0 atom stereocenters. The molecule has 0 aliphatic carbocycles. The average Bonchev–Trinajstić information content (AvgIpc) is 2.64. The highest BCUT2D eigenvalue weighted by molar-refractivity contribution is 6.16. The van der Waals surface area contributed by atoms with Crippen molar-refractivity contribution in [3.63, 3.8) is 0 Å². The molecule has 0 amide bonds. The number of nitrogens with zero attached hydrogens (tertiary/aromatic N) is 2. The summed E-state index contributed by atoms with van der Waals surface area (Å²) in [6, 6.07) is 0.721. The highest BCUT2D eigenvalue weighted by atomic mass is 35.5. The van der Waals surface area contributed by atoms with E-state index in [-0.39, 0.29) is 0 Å². The summed E-state index contributed by atoms with van der Waals surface area (Å²) >= 11 is 5.69. The van der Waals surface area contributed by atoms with Crippen molar-refractivity contribution in [1.82, 2.24) is 4.98 Å². The molecule has 1 aliphatic rings. The van der Waals surface area contributed by atoms with E-state index in [0.29, 0.717) is 11.3 Å². The molecule has 4 heteroatoms. The maximum atomic E-state index is 5.69. The number of halogens is 1. The van der Waals surface area contributed by atoms with E-state index in [4.69, 9.17) is 16.0 Å². The van der Waals surface area contributed by atoms with Crippen LogP contribution in [0.3, 0.4) is 0 Å². The van der Waals surface area contributed by atoms with Gasteiger partial charge in [0, 0.05) is 13.1 Å². The van der Waals surface area contributed by atoms with E-state index in [1.165, 1.54) is 12.8 Å². The molecule has 1 aromatic heterocycles. The molecule has 1 aromatic rings. The van der Waals surface area contributed by atoms with Gasteiger partial charge in [0.1, 0.15) is 6.26 Å². The number of hydrogen-bond acceptors (Lipinski definition) is 3. The van der Waals surface area contributed by atoms with E-state index in [1.54, 1.807) is 6.26 Å². The first kappa shape index (κ1) is 10.8. The second kappa shape index (κ2) is 4.05. The van der Waals surface area contributed by atoms with Gasteiger partial charge in [-0.25, -0.2) is 0 Å². The molecule has 1 fully saturated rings. The Balaban J connectivity index is 2.10. The van der Waals surface area contributed by atoms with Crippen LogP contribution in [-0.2, 0) is 5.88 Å². The van der Waals surface area contributed by atoms with Gasteiger partial charge >= 0.3 is 0 Å². The molecule has 0 aromatic carbocycles. The molecule has 0 saturated carbocycles. The normalized spacial score (nSPS) is 20.6. The Morgan fingerprint density at radius 3 is 3.00 bits per heavy atom. The molecule has 15 heavy (non-hydrogen) atoms. The van der Waals surface area contributed by atoms with Crippen molar-refractivity contribution in [2.75, 3.05) is 18.0 Å². The summed E-state index contributed by atoms with van der Waals surface area (Å²) in [6.45, 7) is 6.61. The summed E-state index contributed by atoms with van der Waals surface area (Å²) < 4.78 is 5.42. The zero-order valence-electron chi connectivity index (χ0n) is 9.29. The summed E-state index contributed by atoms with van der Waals surface area (Å²) in [5.41, 5.74) is 1.17. The fourth-order valence-electron chi connectivity index (χ4n) is 2.09. The van der Waals surface area contributed by atoms with E-state index in [9.17, 15) is 0 Å². The number of anilines is 1. The number of rotatable bonds is 2. The lowest BCUT2D eigenvalue weighted by Gasteiger charge is -2.37. The van der Waals surface area contributed by atoms with Crippen LogP contribution < -0.4 is 4.90 Å². The quantitative estimate of drug-likeness (QED) is 0.729. The van der Waals surface area contributed by atoms with Gasteiger partial charge < -0.3 is 9.32 Å². The number of piperidine rings is 1. The smallest absolute Gasteiger partial charge is 0.297 e. The monoisotopic (exact) mass is 228 g/mol. The molecule has 0 N–H and O–H groups in total. The highest BCUT2D eigenvalue weighted by Gasteiger charge is 2.28. The summed E-state index contributed by atoms with van der Waals surface area (Å²) in [4.78, 5) is 6.55. The van der Waals surface area contributed by atoms with Crippen molar-refractivity contribution in [2.24, 2.45) is 5.41 Å². The SMILES string of the molecule is CC1(C)CCCN(c2nc(CCl)co2)C1. The minimum absolute atomic E-state index is 0.355. The molecule has 0 unspecified atom stereocenters. The number of hydrogen-bond donors (Lipinski definition) is 0. The van der Waals surface area contributed by atoms with Crippen molar-refractivity contribution in [3.8, 4) is 0 Å². The van der Waals surface area contributed by atoms with Gasteiger partial charge in [-0.2, -0.15) is 4.98 Å². The third-order valence-corrected chi connectivity index (χ3v) is 3.12. The largest absolute Gasteiger partial charge is 0.432 e. The standard InChI is InChI=1S/C11H17ClN2O/c1-11(2)4-3-5-14(8-11)10-13-9(6-12)7-15-10/h7H,3-6,8H2,1-2H3. The van der Waals surface area contributed by atoms with E-state index >= 15 is 0 Å². The molecule has 0 bridgehead atoms. The summed E-state index contributed by atoms with van der Waals surface area (Å²) in [5.74, 6) is 0.417. The van der Waals surface area contributed by atoms with Crippen molar-refractivity contribution in [1.29, 1.82) is 0 Å². The van der Waals surface area contributed by atoms with Crippen LogP contribution >= 0.6 is 11.6 Å². The Morgan fingerprint density at radius 2 is 2.40 bits per heavy atom. The molecule has 0 radical (unpaired) electrons. The molecule has 2 rings (SSSR count). The zero-order chi connectivity index (χ0) is 10.9. The predicted molar refractivity (Wildman–Crippen MR) is 61.3 cm³/mol.